The zero-order chi connectivity index (χ0) is 80.7. The number of nitrogens with two attached hydrogens (primary N) is 2. The van der Waals surface area contributed by atoms with Gasteiger partial charge >= 0.3 is 46.2 Å². The predicted molar refractivity (Wildman–Crippen MR) is 442 cm³/mol. The maximum Gasteiger partial charge on any atom is 0.426 e. The van der Waals surface area contributed by atoms with Crippen LogP contribution in [0.1, 0.15) is 213 Å². The van der Waals surface area contributed by atoms with E-state index in [1.165, 1.54) is 67.8 Å². The SMILES string of the molecule is CCCC(=O)OCC1c2ccccc2-c2ccccc21.CCCCCC[C@@H](C)C(=O)OCc1ccccc1.CCCCCC[C@@H](CC)C(=O)OCc1ccccc1.CC[C@H](CCCCN)C(=O)OCc1ccccc1.CN.O=C(OCc1ccccc1)[C@H]1CCOS(=O)(=O)N1C(=O)OCC1c2ccccc2-c2ccccc21. The first-order valence-electron chi connectivity index (χ1n) is 40.0. The van der Waals surface area contributed by atoms with Gasteiger partial charge in [-0.15, -0.1) is 0 Å². The fourth-order valence-electron chi connectivity index (χ4n) is 13.3. The lowest BCUT2D eigenvalue weighted by Gasteiger charge is -2.31. The van der Waals surface area contributed by atoms with Crippen LogP contribution in [-0.2, 0) is 93.3 Å². The molecule has 4 N–H and O–H groups in total. The topological polar surface area (TPSA) is 256 Å². The maximum absolute atomic E-state index is 13.0. The molecule has 2 aliphatic carbocycles. The molecule has 1 amide bonds. The molecule has 11 rings (SSSR count). The maximum atomic E-state index is 13.0. The third-order valence-corrected chi connectivity index (χ3v) is 21.0. The van der Waals surface area contributed by atoms with Gasteiger partial charge in [-0.1, -0.05) is 318 Å². The third kappa shape index (κ3) is 30.0. The van der Waals surface area contributed by atoms with Gasteiger partial charge in [0.15, 0.2) is 6.04 Å². The molecule has 1 fully saturated rings. The van der Waals surface area contributed by atoms with Gasteiger partial charge in [0.1, 0.15) is 39.6 Å². The van der Waals surface area contributed by atoms with Crippen molar-refractivity contribution >= 4 is 46.2 Å². The summed E-state index contributed by atoms with van der Waals surface area (Å²) in [5.41, 5.74) is 22.9. The summed E-state index contributed by atoms with van der Waals surface area (Å²) in [4.78, 5) is 73.0. The van der Waals surface area contributed by atoms with Gasteiger partial charge in [-0.3, -0.25) is 23.4 Å². The molecule has 0 spiro atoms. The Balaban J connectivity index is 0.000000224. The van der Waals surface area contributed by atoms with Crippen LogP contribution in [0.2, 0.25) is 0 Å². The number of nitrogens with zero attached hydrogens (tertiary/aromatic N) is 1. The molecule has 1 aliphatic heterocycles. The van der Waals surface area contributed by atoms with Crippen LogP contribution in [-0.4, -0.2) is 88.1 Å². The van der Waals surface area contributed by atoms with E-state index in [9.17, 15) is 37.2 Å². The fraction of sp³-hybridized carbons (Fsp3) is 0.419. The van der Waals surface area contributed by atoms with E-state index in [0.29, 0.717) is 43.7 Å². The van der Waals surface area contributed by atoms with Gasteiger partial charge in [-0.25, -0.2) is 9.59 Å². The van der Waals surface area contributed by atoms with E-state index in [1.54, 1.807) is 24.3 Å². The number of carbonyl (C=O) groups excluding carboxylic acids is 6. The Kier molecular flexibility index (Phi) is 42.0. The summed E-state index contributed by atoms with van der Waals surface area (Å²) < 4.78 is 62.6. The van der Waals surface area contributed by atoms with Crippen LogP contribution in [0.5, 0.6) is 0 Å². The second-order valence-electron chi connectivity index (χ2n) is 27.8. The molecule has 3 aliphatic rings. The fourth-order valence-corrected chi connectivity index (χ4v) is 14.4. The highest BCUT2D eigenvalue weighted by molar-refractivity contribution is 7.85. The Morgan fingerprint density at radius 2 is 0.768 bits per heavy atom. The average Bonchev–Trinajstić information content (AvgIpc) is 1.51. The summed E-state index contributed by atoms with van der Waals surface area (Å²) >= 11 is 0. The molecule has 19 heteroatoms. The van der Waals surface area contributed by atoms with Crippen LogP contribution in [0.15, 0.2) is 218 Å². The Morgan fingerprint density at radius 3 is 1.14 bits per heavy atom. The van der Waals surface area contributed by atoms with Crippen LogP contribution < -0.4 is 11.5 Å². The molecule has 4 atom stereocenters. The highest BCUT2D eigenvalue weighted by Crippen LogP contribution is 2.46. The van der Waals surface area contributed by atoms with Gasteiger partial charge in [0.05, 0.1) is 24.4 Å². The Bertz CT molecular complexity index is 4080. The van der Waals surface area contributed by atoms with Crippen molar-refractivity contribution in [3.05, 3.63) is 263 Å². The molecule has 0 radical (unpaired) electrons. The van der Waals surface area contributed by atoms with Crippen molar-refractivity contribution in [2.45, 2.75) is 201 Å². The number of amides is 1. The Morgan fingerprint density at radius 1 is 0.420 bits per heavy atom. The summed E-state index contributed by atoms with van der Waals surface area (Å²) in [7, 11) is -3.01. The quantitative estimate of drug-likeness (QED) is 0.0216. The minimum atomic E-state index is -4.51. The number of hydrogen-bond donors (Lipinski definition) is 2. The van der Waals surface area contributed by atoms with Crippen LogP contribution >= 0.6 is 0 Å². The van der Waals surface area contributed by atoms with Gasteiger partial charge in [0, 0.05) is 24.7 Å². The number of benzene rings is 8. The molecular weight excluding hydrogens is 1430 g/mol. The van der Waals surface area contributed by atoms with E-state index in [4.69, 9.17) is 38.3 Å². The molecule has 112 heavy (non-hydrogen) atoms. The molecule has 1 saturated heterocycles. The van der Waals surface area contributed by atoms with Crippen molar-refractivity contribution in [3.63, 3.8) is 0 Å². The normalized spacial score (nSPS) is 14.0. The predicted octanol–water partition coefficient (Wildman–Crippen LogP) is 19.7. The van der Waals surface area contributed by atoms with E-state index in [-0.39, 0.29) is 79.7 Å². The first-order valence-corrected chi connectivity index (χ1v) is 41.4. The van der Waals surface area contributed by atoms with Crippen LogP contribution in [0.4, 0.5) is 4.79 Å². The number of fused-ring (bicyclic) bond motifs is 6. The molecule has 18 nitrogen and oxygen atoms in total. The number of ether oxygens (including phenoxy) is 6. The summed E-state index contributed by atoms with van der Waals surface area (Å²) in [5, 5.41) is 0. The number of carbonyl (C=O) groups is 6. The van der Waals surface area contributed by atoms with E-state index < -0.39 is 28.4 Å². The average molecular weight is 1550 g/mol. The number of hydrogen-bond acceptors (Lipinski definition) is 17. The summed E-state index contributed by atoms with van der Waals surface area (Å²) in [6.45, 7) is 14.3. The highest BCUT2D eigenvalue weighted by Gasteiger charge is 2.46. The molecule has 0 aromatic heterocycles. The largest absolute Gasteiger partial charge is 0.465 e. The summed E-state index contributed by atoms with van der Waals surface area (Å²) in [6.07, 6.45) is 16.2. The van der Waals surface area contributed by atoms with Gasteiger partial charge in [-0.2, -0.15) is 12.7 Å². The first-order chi connectivity index (χ1) is 54.5. The van der Waals surface area contributed by atoms with E-state index in [1.807, 2.05) is 178 Å². The monoisotopic (exact) mass is 1550 g/mol. The van der Waals surface area contributed by atoms with Crippen molar-refractivity contribution < 1.29 is 69.8 Å². The third-order valence-electron chi connectivity index (χ3n) is 19.6. The zero-order valence-corrected chi connectivity index (χ0v) is 67.6. The standard InChI is InChI=1S/C26H23NO7S.C18H18O2.C17H26O2.C16H24O2.C15H23NO2.CH5N/c28-25(32-16-18-8-2-1-3-9-18)24-14-15-34-35(30,31)27(24)26(29)33-17-23-21-12-6-4-10-19(21)20-11-5-7-13-22(20)23;1-2-7-18(19)20-12-17-15-10-5-3-8-13(15)14-9-4-6-11-16(14)17;1-3-5-6-10-13-16(4-2)17(18)19-14-15-11-8-7-9-12-15;1-3-4-5-7-10-14(2)16(17)18-13-15-11-8-6-9-12-15;1-2-14(10-6-7-11-16)15(17)18-12-13-8-4-3-5-9-13;1-2/h1-13,23-24H,14-17H2;3-6,8-11,17H,2,7,12H2,1H3;7-9,11-12,16H,3-6,10,13-14H2,1-2H3;6,8-9,11-12,14H,3-5,7,10,13H2,1-2H3;3-5,8-9,14H,2,6-7,10-12,16H2,1H3;2H2,1H3/t24-;;16-;2*14-;/m1.111./s1. The number of rotatable bonds is 34. The van der Waals surface area contributed by atoms with Gasteiger partial charge in [-0.05, 0) is 125 Å². The second-order valence-corrected chi connectivity index (χ2v) is 29.3. The summed E-state index contributed by atoms with van der Waals surface area (Å²) in [6, 6.07) is 69.4. The lowest BCUT2D eigenvalue weighted by Crippen LogP contribution is -2.53. The first kappa shape index (κ1) is 91.1. The van der Waals surface area contributed by atoms with Crippen LogP contribution in [0.25, 0.3) is 22.3 Å². The van der Waals surface area contributed by atoms with E-state index in [0.717, 1.165) is 109 Å². The van der Waals surface area contributed by atoms with Crippen molar-refractivity contribution in [2.75, 3.05) is 33.4 Å². The van der Waals surface area contributed by atoms with E-state index >= 15 is 0 Å². The van der Waals surface area contributed by atoms with Crippen molar-refractivity contribution in [1.29, 1.82) is 0 Å². The minimum Gasteiger partial charge on any atom is -0.465 e. The van der Waals surface area contributed by atoms with Gasteiger partial charge in [0.25, 0.3) is 0 Å². The van der Waals surface area contributed by atoms with Crippen LogP contribution in [0, 0.1) is 17.8 Å². The smallest absolute Gasteiger partial charge is 0.426 e. The molecule has 8 aromatic rings. The van der Waals surface area contributed by atoms with Crippen molar-refractivity contribution in [1.82, 2.24) is 4.31 Å². The van der Waals surface area contributed by atoms with Gasteiger partial charge < -0.3 is 39.9 Å². The molecule has 0 unspecified atom stereocenters. The summed E-state index contributed by atoms with van der Waals surface area (Å²) in [5.74, 6) is -1.13. The Hall–Kier alpha value is -9.79. The van der Waals surface area contributed by atoms with Crippen molar-refractivity contribution in [2.24, 2.45) is 29.2 Å². The lowest BCUT2D eigenvalue weighted by molar-refractivity contribution is -0.151. The second kappa shape index (κ2) is 51.7. The van der Waals surface area contributed by atoms with Crippen molar-refractivity contribution in [3.8, 4) is 22.3 Å². The molecule has 602 valence electrons. The molecule has 0 saturated carbocycles. The van der Waals surface area contributed by atoms with Crippen LogP contribution in [0.3, 0.4) is 0 Å². The molecule has 1 heterocycles. The van der Waals surface area contributed by atoms with Gasteiger partial charge in [0.2, 0.25) is 0 Å². The molecule has 0 bridgehead atoms. The molecular formula is C93H119N3O15S. The lowest BCUT2D eigenvalue weighted by atomic mass is 9.98. The Labute approximate surface area is 665 Å². The minimum absolute atomic E-state index is 0.0141. The number of unbranched alkanes of at least 4 members (excludes halogenated alkanes) is 7. The van der Waals surface area contributed by atoms with E-state index in [2.05, 4.69) is 62.9 Å². The number of esters is 5. The zero-order valence-electron chi connectivity index (χ0n) is 66.8. The highest BCUT2D eigenvalue weighted by atomic mass is 32.2. The molecule has 8 aromatic carbocycles.